The lowest BCUT2D eigenvalue weighted by Crippen LogP contribution is -2.52. The first kappa shape index (κ1) is 31.6. The Hall–Kier alpha value is -3.92. The van der Waals surface area contributed by atoms with Crippen molar-refractivity contribution < 1.29 is 27.1 Å². The summed E-state index contributed by atoms with van der Waals surface area (Å²) in [4.78, 5) is 28.3. The molecule has 0 aliphatic rings. The van der Waals surface area contributed by atoms with Crippen LogP contribution in [0.4, 0.5) is 10.1 Å². The van der Waals surface area contributed by atoms with Gasteiger partial charge in [-0.15, -0.1) is 0 Å². The molecular formula is C31H38FN3O5S. The molecule has 0 aromatic heterocycles. The number of rotatable bonds is 13. The van der Waals surface area contributed by atoms with Crippen LogP contribution in [0.2, 0.25) is 0 Å². The monoisotopic (exact) mass is 583 g/mol. The summed E-state index contributed by atoms with van der Waals surface area (Å²) in [5.41, 5.74) is 1.94. The van der Waals surface area contributed by atoms with Crippen LogP contribution in [0.1, 0.15) is 45.2 Å². The maximum absolute atomic E-state index is 13.9. The molecule has 0 unspecified atom stereocenters. The number of aryl methyl sites for hydroxylation is 1. The van der Waals surface area contributed by atoms with Gasteiger partial charge in [0.1, 0.15) is 24.2 Å². The molecule has 0 fully saturated rings. The number of carbonyl (C=O) groups is 2. The molecule has 0 saturated carbocycles. The maximum Gasteiger partial charge on any atom is 0.264 e. The molecule has 10 heteroatoms. The zero-order chi connectivity index (χ0) is 30.2. The maximum atomic E-state index is 13.9. The highest BCUT2D eigenvalue weighted by Gasteiger charge is 2.33. The molecule has 220 valence electrons. The quantitative estimate of drug-likeness (QED) is 0.304. The van der Waals surface area contributed by atoms with Crippen LogP contribution in [0, 0.1) is 12.7 Å². The number of nitrogens with one attached hydrogen (secondary N) is 1. The van der Waals surface area contributed by atoms with Crippen molar-refractivity contribution in [1.82, 2.24) is 10.2 Å². The topological polar surface area (TPSA) is 96.0 Å². The van der Waals surface area contributed by atoms with E-state index in [1.165, 1.54) is 41.3 Å². The van der Waals surface area contributed by atoms with Gasteiger partial charge in [-0.2, -0.15) is 0 Å². The van der Waals surface area contributed by atoms with E-state index in [4.69, 9.17) is 4.74 Å². The number of benzene rings is 3. The number of anilines is 1. The summed E-state index contributed by atoms with van der Waals surface area (Å²) in [5.74, 6) is -0.977. The van der Waals surface area contributed by atoms with E-state index in [-0.39, 0.29) is 29.1 Å². The third kappa shape index (κ3) is 8.29. The Morgan fingerprint density at radius 1 is 0.927 bits per heavy atom. The molecule has 0 bridgehead atoms. The SMILES string of the molecule is CCOc1ccc(S(=O)(=O)N(CC(=O)N(Cc2ccc(C)cc2)[C@H](C)C(=O)N[C@@H](C)CC)c2ccc(F)cc2)cc1. The highest BCUT2D eigenvalue weighted by molar-refractivity contribution is 7.92. The highest BCUT2D eigenvalue weighted by atomic mass is 32.2. The number of halogens is 1. The molecule has 3 rings (SSSR count). The molecule has 0 heterocycles. The lowest BCUT2D eigenvalue weighted by molar-refractivity contribution is -0.139. The average Bonchev–Trinajstić information content (AvgIpc) is 2.96. The van der Waals surface area contributed by atoms with Gasteiger partial charge in [-0.05, 0) is 88.2 Å². The normalized spacial score (nSPS) is 12.7. The fraction of sp³-hybridized carbons (Fsp3) is 0.355. The Balaban J connectivity index is 2.01. The molecule has 3 aromatic rings. The van der Waals surface area contributed by atoms with Gasteiger partial charge in [0.05, 0.1) is 17.2 Å². The largest absolute Gasteiger partial charge is 0.494 e. The summed E-state index contributed by atoms with van der Waals surface area (Å²) < 4.78 is 47.9. The summed E-state index contributed by atoms with van der Waals surface area (Å²) >= 11 is 0. The van der Waals surface area contributed by atoms with Crippen molar-refractivity contribution in [3.8, 4) is 5.75 Å². The van der Waals surface area contributed by atoms with Crippen LogP contribution in [0.3, 0.4) is 0 Å². The van der Waals surface area contributed by atoms with Crippen LogP contribution < -0.4 is 14.4 Å². The Morgan fingerprint density at radius 3 is 2.10 bits per heavy atom. The van der Waals surface area contributed by atoms with Gasteiger partial charge in [0.25, 0.3) is 10.0 Å². The lowest BCUT2D eigenvalue weighted by atomic mass is 10.1. The Labute approximate surface area is 242 Å². The molecule has 3 aromatic carbocycles. The first-order valence-electron chi connectivity index (χ1n) is 13.6. The van der Waals surface area contributed by atoms with E-state index in [9.17, 15) is 22.4 Å². The predicted octanol–water partition coefficient (Wildman–Crippen LogP) is 5.06. The average molecular weight is 584 g/mol. The van der Waals surface area contributed by atoms with Crippen molar-refractivity contribution >= 4 is 27.5 Å². The van der Waals surface area contributed by atoms with E-state index in [2.05, 4.69) is 5.32 Å². The van der Waals surface area contributed by atoms with Crippen LogP contribution in [0.25, 0.3) is 0 Å². The van der Waals surface area contributed by atoms with Crippen LogP contribution >= 0.6 is 0 Å². The van der Waals surface area contributed by atoms with Crippen LogP contribution in [0.15, 0.2) is 77.7 Å². The van der Waals surface area contributed by atoms with Gasteiger partial charge < -0.3 is 15.0 Å². The van der Waals surface area contributed by atoms with Gasteiger partial charge in [-0.1, -0.05) is 36.8 Å². The molecule has 0 aliphatic carbocycles. The molecule has 41 heavy (non-hydrogen) atoms. The van der Waals surface area contributed by atoms with Gasteiger partial charge in [0.2, 0.25) is 11.8 Å². The molecule has 8 nitrogen and oxygen atoms in total. The minimum Gasteiger partial charge on any atom is -0.494 e. The zero-order valence-electron chi connectivity index (χ0n) is 24.1. The second-order valence-electron chi connectivity index (χ2n) is 9.89. The van der Waals surface area contributed by atoms with Crippen molar-refractivity contribution in [3.05, 3.63) is 89.7 Å². The van der Waals surface area contributed by atoms with Crippen molar-refractivity contribution in [2.45, 2.75) is 64.6 Å². The number of hydrogen-bond acceptors (Lipinski definition) is 5. The molecule has 0 spiro atoms. The van der Waals surface area contributed by atoms with Gasteiger partial charge in [-0.25, -0.2) is 12.8 Å². The van der Waals surface area contributed by atoms with Gasteiger partial charge in [-0.3, -0.25) is 13.9 Å². The van der Waals surface area contributed by atoms with Crippen molar-refractivity contribution in [1.29, 1.82) is 0 Å². The Bertz CT molecular complexity index is 1410. The Morgan fingerprint density at radius 2 is 1.54 bits per heavy atom. The highest BCUT2D eigenvalue weighted by Crippen LogP contribution is 2.26. The molecule has 0 aliphatic heterocycles. The fourth-order valence-corrected chi connectivity index (χ4v) is 5.49. The van der Waals surface area contributed by atoms with Crippen LogP contribution in [-0.4, -0.2) is 50.4 Å². The van der Waals surface area contributed by atoms with Crippen LogP contribution in [-0.2, 0) is 26.2 Å². The van der Waals surface area contributed by atoms with Gasteiger partial charge in [0.15, 0.2) is 0 Å². The van der Waals surface area contributed by atoms with Crippen molar-refractivity contribution in [2.75, 3.05) is 17.5 Å². The molecule has 0 radical (unpaired) electrons. The number of hydrogen-bond donors (Lipinski definition) is 1. The number of carbonyl (C=O) groups excluding carboxylic acids is 2. The minimum atomic E-state index is -4.27. The molecule has 2 atom stereocenters. The first-order valence-corrected chi connectivity index (χ1v) is 15.1. The van der Waals surface area contributed by atoms with E-state index in [0.717, 1.165) is 27.6 Å². The van der Waals surface area contributed by atoms with Crippen LogP contribution in [0.5, 0.6) is 5.75 Å². The summed E-state index contributed by atoms with van der Waals surface area (Å²) in [6.07, 6.45) is 0.711. The minimum absolute atomic E-state index is 0.0641. The van der Waals surface area contributed by atoms with Crippen molar-refractivity contribution in [3.63, 3.8) is 0 Å². The molecular weight excluding hydrogens is 545 g/mol. The standard InChI is InChI=1S/C31H38FN3O5S/c1-6-23(4)33-31(37)24(5)34(20-25-10-8-22(3)9-11-25)30(36)21-35(27-14-12-26(32)13-15-27)41(38,39)29-18-16-28(17-19-29)40-7-2/h8-19,23-24H,6-7,20-21H2,1-5H3,(H,33,37)/t23-,24+/m0/s1. The summed E-state index contributed by atoms with van der Waals surface area (Å²) in [7, 11) is -4.27. The van der Waals surface area contributed by atoms with E-state index in [1.54, 1.807) is 6.92 Å². The number of nitrogens with zero attached hydrogens (tertiary/aromatic N) is 2. The number of sulfonamides is 1. The second-order valence-corrected chi connectivity index (χ2v) is 11.8. The third-order valence-electron chi connectivity index (χ3n) is 6.76. The van der Waals surface area contributed by atoms with E-state index < -0.39 is 34.3 Å². The van der Waals surface area contributed by atoms with E-state index in [1.807, 2.05) is 52.0 Å². The number of ether oxygens (including phenoxy) is 1. The van der Waals surface area contributed by atoms with E-state index >= 15 is 0 Å². The molecule has 2 amide bonds. The summed E-state index contributed by atoms with van der Waals surface area (Å²) in [5, 5.41) is 2.90. The van der Waals surface area contributed by atoms with Crippen molar-refractivity contribution in [2.24, 2.45) is 0 Å². The van der Waals surface area contributed by atoms with Gasteiger partial charge >= 0.3 is 0 Å². The van der Waals surface area contributed by atoms with Gasteiger partial charge in [0, 0.05) is 12.6 Å². The van der Waals surface area contributed by atoms with E-state index in [0.29, 0.717) is 18.8 Å². The predicted molar refractivity (Wildman–Crippen MR) is 158 cm³/mol. The summed E-state index contributed by atoms with van der Waals surface area (Å²) in [6.45, 7) is 9.10. The fourth-order valence-electron chi connectivity index (χ4n) is 4.08. The summed E-state index contributed by atoms with van der Waals surface area (Å²) in [6, 6.07) is 17.3. The smallest absolute Gasteiger partial charge is 0.264 e. The molecule has 1 N–H and O–H groups in total. The molecule has 0 saturated heterocycles. The lowest BCUT2D eigenvalue weighted by Gasteiger charge is -2.32. The third-order valence-corrected chi connectivity index (χ3v) is 8.55. The second kappa shape index (κ2) is 14.1. The Kier molecular flexibility index (Phi) is 10.9. The zero-order valence-corrected chi connectivity index (χ0v) is 24.9. The first-order chi connectivity index (χ1) is 19.5. The number of amides is 2.